The summed E-state index contributed by atoms with van der Waals surface area (Å²) in [6.45, 7) is 3.49. The van der Waals surface area contributed by atoms with Gasteiger partial charge in [0.15, 0.2) is 0 Å². The molecule has 5 heteroatoms. The number of likely N-dealkylation sites (tertiary alicyclic amines) is 1. The van der Waals surface area contributed by atoms with Crippen molar-refractivity contribution in [2.75, 3.05) is 6.54 Å². The summed E-state index contributed by atoms with van der Waals surface area (Å²) >= 11 is 0. The van der Waals surface area contributed by atoms with Crippen LogP contribution in [0.2, 0.25) is 0 Å². The first-order valence-corrected chi connectivity index (χ1v) is 7.16. The van der Waals surface area contributed by atoms with E-state index in [9.17, 15) is 18.4 Å². The fourth-order valence-electron chi connectivity index (χ4n) is 2.79. The van der Waals surface area contributed by atoms with Gasteiger partial charge in [0.25, 0.3) is 5.91 Å². The van der Waals surface area contributed by atoms with Crippen molar-refractivity contribution in [2.45, 2.75) is 45.6 Å². The second-order valence-electron chi connectivity index (χ2n) is 5.64. The van der Waals surface area contributed by atoms with Crippen LogP contribution >= 0.6 is 0 Å². The lowest BCUT2D eigenvalue weighted by Gasteiger charge is -2.35. The number of ketones is 1. The molecule has 3 nitrogen and oxygen atoms in total. The number of hydrogen-bond donors (Lipinski definition) is 0. The molecule has 0 aromatic heterocycles. The van der Waals surface area contributed by atoms with Gasteiger partial charge in [-0.05, 0) is 44.7 Å². The molecular weight excluding hydrogens is 276 g/mol. The highest BCUT2D eigenvalue weighted by molar-refractivity contribution is 5.95. The van der Waals surface area contributed by atoms with Crippen molar-refractivity contribution in [1.82, 2.24) is 4.90 Å². The van der Waals surface area contributed by atoms with Gasteiger partial charge in [-0.2, -0.15) is 0 Å². The van der Waals surface area contributed by atoms with Gasteiger partial charge in [0.05, 0.1) is 5.56 Å². The maximum atomic E-state index is 13.9. The van der Waals surface area contributed by atoms with Crippen molar-refractivity contribution >= 4 is 11.7 Å². The van der Waals surface area contributed by atoms with Crippen LogP contribution in [0.1, 0.15) is 48.5 Å². The fraction of sp³-hybridized carbons (Fsp3) is 0.500. The average Bonchev–Trinajstić information content (AvgIpc) is 2.42. The topological polar surface area (TPSA) is 37.4 Å². The third-order valence-corrected chi connectivity index (χ3v) is 3.89. The molecule has 21 heavy (non-hydrogen) atoms. The van der Waals surface area contributed by atoms with Gasteiger partial charge in [0.2, 0.25) is 0 Å². The molecule has 0 spiro atoms. The van der Waals surface area contributed by atoms with Crippen LogP contribution in [-0.2, 0) is 4.79 Å². The molecule has 1 aromatic rings. The zero-order valence-corrected chi connectivity index (χ0v) is 12.3. The van der Waals surface area contributed by atoms with Gasteiger partial charge in [-0.3, -0.25) is 9.59 Å². The van der Waals surface area contributed by atoms with E-state index in [1.807, 2.05) is 0 Å². The molecule has 1 atom stereocenters. The number of carbonyl (C=O) groups is 2. The largest absolute Gasteiger partial charge is 0.335 e. The number of rotatable bonds is 3. The molecule has 0 aliphatic carbocycles. The summed E-state index contributed by atoms with van der Waals surface area (Å²) in [6.07, 6.45) is 2.81. The van der Waals surface area contributed by atoms with Crippen molar-refractivity contribution in [3.05, 3.63) is 34.9 Å². The quantitative estimate of drug-likeness (QED) is 0.858. The zero-order valence-electron chi connectivity index (χ0n) is 12.3. The number of amides is 1. The Hall–Kier alpha value is -1.78. The van der Waals surface area contributed by atoms with Crippen molar-refractivity contribution in [3.63, 3.8) is 0 Å². The maximum absolute atomic E-state index is 13.9. The molecule has 1 heterocycles. The molecule has 1 aliphatic rings. The van der Waals surface area contributed by atoms with Crippen LogP contribution in [0, 0.1) is 18.6 Å². The third-order valence-electron chi connectivity index (χ3n) is 3.89. The molecule has 1 unspecified atom stereocenters. The molecule has 0 radical (unpaired) electrons. The first-order chi connectivity index (χ1) is 9.90. The minimum Gasteiger partial charge on any atom is -0.335 e. The van der Waals surface area contributed by atoms with Gasteiger partial charge in [0, 0.05) is 25.1 Å². The minimum absolute atomic E-state index is 0.00968. The van der Waals surface area contributed by atoms with Gasteiger partial charge in [-0.15, -0.1) is 0 Å². The van der Waals surface area contributed by atoms with E-state index >= 15 is 0 Å². The van der Waals surface area contributed by atoms with E-state index < -0.39 is 17.5 Å². The lowest BCUT2D eigenvalue weighted by atomic mass is 9.96. The SMILES string of the molecule is CC(=O)CC1CCCCN1C(=O)c1cc(C)c(F)cc1F. The van der Waals surface area contributed by atoms with Crippen LogP contribution in [0.15, 0.2) is 12.1 Å². The van der Waals surface area contributed by atoms with Crippen LogP contribution in [0.25, 0.3) is 0 Å². The van der Waals surface area contributed by atoms with E-state index in [2.05, 4.69) is 0 Å². The third kappa shape index (κ3) is 3.46. The Balaban J connectivity index is 2.28. The monoisotopic (exact) mass is 295 g/mol. The number of halogens is 2. The van der Waals surface area contributed by atoms with Crippen molar-refractivity contribution in [1.29, 1.82) is 0 Å². The van der Waals surface area contributed by atoms with Crippen molar-refractivity contribution < 1.29 is 18.4 Å². The lowest BCUT2D eigenvalue weighted by molar-refractivity contribution is -0.118. The van der Waals surface area contributed by atoms with Gasteiger partial charge >= 0.3 is 0 Å². The molecule has 0 saturated carbocycles. The predicted octanol–water partition coefficient (Wildman–Crippen LogP) is 3.25. The number of nitrogens with zero attached hydrogens (tertiary/aromatic N) is 1. The molecule has 1 saturated heterocycles. The Bertz CT molecular complexity index is 572. The van der Waals surface area contributed by atoms with E-state index in [-0.39, 0.29) is 29.4 Å². The minimum atomic E-state index is -0.852. The second-order valence-corrected chi connectivity index (χ2v) is 5.64. The number of piperidine rings is 1. The highest BCUT2D eigenvalue weighted by Gasteiger charge is 2.30. The normalized spacial score (nSPS) is 18.7. The highest BCUT2D eigenvalue weighted by atomic mass is 19.1. The molecule has 2 rings (SSSR count). The summed E-state index contributed by atoms with van der Waals surface area (Å²) in [5.74, 6) is -1.96. The summed E-state index contributed by atoms with van der Waals surface area (Å²) in [4.78, 5) is 25.4. The molecule has 1 amide bonds. The van der Waals surface area contributed by atoms with Crippen LogP contribution in [0.5, 0.6) is 0 Å². The standard InChI is InChI=1S/C16H19F2NO2/c1-10-7-13(15(18)9-14(10)17)16(21)19-6-4-3-5-12(19)8-11(2)20/h7,9,12H,3-6,8H2,1-2H3. The van der Waals surface area contributed by atoms with Crippen molar-refractivity contribution in [2.24, 2.45) is 0 Å². The second kappa shape index (κ2) is 6.33. The summed E-state index contributed by atoms with van der Waals surface area (Å²) < 4.78 is 27.2. The molecule has 1 aliphatic heterocycles. The van der Waals surface area contributed by atoms with Gasteiger partial charge < -0.3 is 4.90 Å². The predicted molar refractivity (Wildman–Crippen MR) is 75.1 cm³/mol. The molecular formula is C16H19F2NO2. The van der Waals surface area contributed by atoms with Crippen LogP contribution < -0.4 is 0 Å². The fourth-order valence-corrected chi connectivity index (χ4v) is 2.79. The number of carbonyl (C=O) groups excluding carboxylic acids is 2. The Morgan fingerprint density at radius 2 is 1.95 bits per heavy atom. The number of aryl methyl sites for hydroxylation is 1. The van der Waals surface area contributed by atoms with Crippen molar-refractivity contribution in [3.8, 4) is 0 Å². The van der Waals surface area contributed by atoms with E-state index in [0.29, 0.717) is 6.54 Å². The smallest absolute Gasteiger partial charge is 0.257 e. The molecule has 114 valence electrons. The summed E-state index contributed by atoms with van der Waals surface area (Å²) in [6, 6.07) is 1.80. The molecule has 1 fully saturated rings. The summed E-state index contributed by atoms with van der Waals surface area (Å²) in [7, 11) is 0. The molecule has 0 N–H and O–H groups in total. The number of Topliss-reactive ketones (excluding diaryl/α,β-unsaturated/α-hetero) is 1. The first-order valence-electron chi connectivity index (χ1n) is 7.16. The highest BCUT2D eigenvalue weighted by Crippen LogP contribution is 2.24. The molecule has 0 bridgehead atoms. The van der Waals surface area contributed by atoms with E-state index in [4.69, 9.17) is 0 Å². The van der Waals surface area contributed by atoms with Gasteiger partial charge in [0.1, 0.15) is 17.4 Å². The van der Waals surface area contributed by atoms with E-state index in [1.165, 1.54) is 19.9 Å². The number of hydrogen-bond acceptors (Lipinski definition) is 2. The number of benzene rings is 1. The Morgan fingerprint density at radius 3 is 2.62 bits per heavy atom. The lowest BCUT2D eigenvalue weighted by Crippen LogP contribution is -2.44. The van der Waals surface area contributed by atoms with Crippen LogP contribution in [0.4, 0.5) is 8.78 Å². The van der Waals surface area contributed by atoms with Gasteiger partial charge in [-0.25, -0.2) is 8.78 Å². The van der Waals surface area contributed by atoms with E-state index in [0.717, 1.165) is 25.3 Å². The van der Waals surface area contributed by atoms with Gasteiger partial charge in [-0.1, -0.05) is 0 Å². The average molecular weight is 295 g/mol. The Labute approximate surface area is 122 Å². The van der Waals surface area contributed by atoms with Crippen LogP contribution in [0.3, 0.4) is 0 Å². The Morgan fingerprint density at radius 1 is 1.24 bits per heavy atom. The maximum Gasteiger partial charge on any atom is 0.257 e. The summed E-state index contributed by atoms with van der Waals surface area (Å²) in [5, 5.41) is 0. The summed E-state index contributed by atoms with van der Waals surface area (Å²) in [5.41, 5.74) is 0.115. The zero-order chi connectivity index (χ0) is 15.6. The molecule has 1 aromatic carbocycles. The van der Waals surface area contributed by atoms with Crippen LogP contribution in [-0.4, -0.2) is 29.2 Å². The Kier molecular flexibility index (Phi) is 4.70. The van der Waals surface area contributed by atoms with E-state index in [1.54, 1.807) is 4.90 Å². The first kappa shape index (κ1) is 15.6.